The number of carboxylic acid groups (broad SMARTS) is 1. The number of aliphatic carboxylic acids is 1. The average molecular weight is 527 g/mol. The highest BCUT2D eigenvalue weighted by Crippen LogP contribution is 2.28. The highest BCUT2D eigenvalue weighted by molar-refractivity contribution is 14.1. The zero-order chi connectivity index (χ0) is 21.6. The van der Waals surface area contributed by atoms with Crippen molar-refractivity contribution >= 4 is 39.5 Å². The van der Waals surface area contributed by atoms with Gasteiger partial charge in [-0.25, -0.2) is 0 Å². The Morgan fingerprint density at radius 3 is 2.55 bits per heavy atom. The van der Waals surface area contributed by atoms with Gasteiger partial charge < -0.3 is 19.6 Å². The van der Waals surface area contributed by atoms with Crippen LogP contribution in [-0.2, 0) is 30.9 Å². The number of rotatable bonds is 9. The first kappa shape index (κ1) is 21.4. The number of hydrogen-bond donors (Lipinski definition) is 2. The van der Waals surface area contributed by atoms with Crippen LogP contribution in [0.4, 0.5) is 0 Å². The predicted molar refractivity (Wildman–Crippen MR) is 128 cm³/mol. The van der Waals surface area contributed by atoms with E-state index in [9.17, 15) is 4.79 Å². The van der Waals surface area contributed by atoms with Crippen molar-refractivity contribution in [3.8, 4) is 5.75 Å². The molecule has 0 fully saturated rings. The van der Waals surface area contributed by atoms with Crippen LogP contribution in [0.2, 0.25) is 0 Å². The lowest BCUT2D eigenvalue weighted by atomic mass is 10.1. The highest BCUT2D eigenvalue weighted by atomic mass is 127. The Morgan fingerprint density at radius 1 is 0.968 bits per heavy atom. The molecule has 3 aromatic carbocycles. The van der Waals surface area contributed by atoms with Crippen molar-refractivity contribution in [2.45, 2.75) is 26.1 Å². The molecule has 0 atom stereocenters. The van der Waals surface area contributed by atoms with Gasteiger partial charge in [-0.05, 0) is 58.0 Å². The van der Waals surface area contributed by atoms with Crippen LogP contribution in [0.15, 0.2) is 77.2 Å². The summed E-state index contributed by atoms with van der Waals surface area (Å²) in [7, 11) is 0. The number of furan rings is 1. The second kappa shape index (κ2) is 9.98. The number of carbonyl (C=O) groups is 1. The average Bonchev–Trinajstić information content (AvgIpc) is 3.17. The Labute approximate surface area is 194 Å². The summed E-state index contributed by atoms with van der Waals surface area (Å²) in [5.41, 5.74) is 3.77. The van der Waals surface area contributed by atoms with Crippen molar-refractivity contribution in [2.75, 3.05) is 0 Å². The Bertz CT molecular complexity index is 1190. The molecule has 0 saturated heterocycles. The molecule has 0 saturated carbocycles. The third-order valence-corrected chi connectivity index (χ3v) is 5.66. The second-order valence-corrected chi connectivity index (χ2v) is 8.43. The van der Waals surface area contributed by atoms with Crippen molar-refractivity contribution < 1.29 is 19.1 Å². The smallest absolute Gasteiger partial charge is 0.307 e. The molecular weight excluding hydrogens is 505 g/mol. The Morgan fingerprint density at radius 2 is 1.74 bits per heavy atom. The third kappa shape index (κ3) is 5.65. The molecule has 5 nitrogen and oxygen atoms in total. The number of fused-ring (bicyclic) bond motifs is 1. The topological polar surface area (TPSA) is 71.7 Å². The Balaban J connectivity index is 1.43. The summed E-state index contributed by atoms with van der Waals surface area (Å²) in [6, 6.07) is 23.6. The molecule has 6 heteroatoms. The van der Waals surface area contributed by atoms with Crippen LogP contribution in [0.25, 0.3) is 11.0 Å². The minimum absolute atomic E-state index is 0.0617. The monoisotopic (exact) mass is 527 g/mol. The minimum Gasteiger partial charge on any atom is -0.489 e. The van der Waals surface area contributed by atoms with E-state index < -0.39 is 5.97 Å². The molecule has 0 aliphatic rings. The molecule has 0 unspecified atom stereocenters. The molecule has 4 rings (SSSR count). The molecular formula is C25H22INO4. The summed E-state index contributed by atoms with van der Waals surface area (Å²) in [6.07, 6.45) is -0.0617. The van der Waals surface area contributed by atoms with E-state index in [2.05, 4.69) is 52.2 Å². The number of para-hydroxylation sites is 1. The summed E-state index contributed by atoms with van der Waals surface area (Å²) in [5, 5.41) is 13.5. The van der Waals surface area contributed by atoms with Gasteiger partial charge >= 0.3 is 5.97 Å². The van der Waals surface area contributed by atoms with Gasteiger partial charge in [-0.2, -0.15) is 0 Å². The fourth-order valence-electron chi connectivity index (χ4n) is 3.43. The van der Waals surface area contributed by atoms with Gasteiger partial charge in [-0.1, -0.05) is 48.5 Å². The Hall–Kier alpha value is -2.84. The second-order valence-electron chi connectivity index (χ2n) is 7.26. The largest absolute Gasteiger partial charge is 0.489 e. The van der Waals surface area contributed by atoms with Gasteiger partial charge in [0.25, 0.3) is 0 Å². The van der Waals surface area contributed by atoms with E-state index in [1.54, 1.807) is 12.1 Å². The molecule has 158 valence electrons. The molecule has 2 N–H and O–H groups in total. The van der Waals surface area contributed by atoms with Gasteiger partial charge in [-0.15, -0.1) is 0 Å². The van der Waals surface area contributed by atoms with Crippen LogP contribution in [0.1, 0.15) is 22.5 Å². The molecule has 31 heavy (non-hydrogen) atoms. The molecule has 0 spiro atoms. The SMILES string of the molecule is O=C(O)Cc1ccccc1OCc1cc(I)c2oc(CNCc3ccccc3)cc2c1. The number of benzene rings is 3. The first-order valence-electron chi connectivity index (χ1n) is 9.96. The van der Waals surface area contributed by atoms with Crippen LogP contribution >= 0.6 is 22.6 Å². The highest BCUT2D eigenvalue weighted by Gasteiger charge is 2.11. The van der Waals surface area contributed by atoms with Gasteiger partial charge in [0, 0.05) is 17.5 Å². The zero-order valence-corrected chi connectivity index (χ0v) is 19.0. The number of nitrogens with one attached hydrogen (secondary N) is 1. The van der Waals surface area contributed by atoms with Crippen LogP contribution in [0.3, 0.4) is 0 Å². The number of hydrogen-bond acceptors (Lipinski definition) is 4. The molecule has 1 aromatic heterocycles. The molecule has 0 bridgehead atoms. The first-order chi connectivity index (χ1) is 15.1. The van der Waals surface area contributed by atoms with Crippen LogP contribution in [0.5, 0.6) is 5.75 Å². The van der Waals surface area contributed by atoms with E-state index in [4.69, 9.17) is 14.3 Å². The van der Waals surface area contributed by atoms with Gasteiger partial charge in [0.15, 0.2) is 0 Å². The fourth-order valence-corrected chi connectivity index (χ4v) is 4.25. The van der Waals surface area contributed by atoms with E-state index in [1.165, 1.54) is 5.56 Å². The number of halogens is 1. The lowest BCUT2D eigenvalue weighted by Gasteiger charge is -2.10. The number of carboxylic acids is 1. The normalized spacial score (nSPS) is 11.0. The summed E-state index contributed by atoms with van der Waals surface area (Å²) < 4.78 is 13.0. The summed E-state index contributed by atoms with van der Waals surface area (Å²) in [6.45, 7) is 1.78. The maximum absolute atomic E-state index is 11.1. The zero-order valence-electron chi connectivity index (χ0n) is 16.8. The fraction of sp³-hybridized carbons (Fsp3) is 0.160. The van der Waals surface area contributed by atoms with Gasteiger partial charge in [0.05, 0.1) is 16.5 Å². The van der Waals surface area contributed by atoms with Gasteiger partial charge in [0.2, 0.25) is 0 Å². The molecule has 0 aliphatic heterocycles. The van der Waals surface area contributed by atoms with Crippen molar-refractivity contribution in [1.82, 2.24) is 5.32 Å². The molecule has 0 radical (unpaired) electrons. The lowest BCUT2D eigenvalue weighted by Crippen LogP contribution is -2.11. The van der Waals surface area contributed by atoms with E-state index in [-0.39, 0.29) is 6.42 Å². The van der Waals surface area contributed by atoms with Crippen LogP contribution in [-0.4, -0.2) is 11.1 Å². The summed E-state index contributed by atoms with van der Waals surface area (Å²) in [5.74, 6) is 0.602. The van der Waals surface area contributed by atoms with Gasteiger partial charge in [0.1, 0.15) is 23.7 Å². The molecule has 0 amide bonds. The molecule has 4 aromatic rings. The van der Waals surface area contributed by atoms with Crippen LogP contribution < -0.4 is 10.1 Å². The van der Waals surface area contributed by atoms with Crippen molar-refractivity contribution in [3.63, 3.8) is 0 Å². The van der Waals surface area contributed by atoms with Crippen molar-refractivity contribution in [3.05, 3.63) is 98.8 Å². The first-order valence-corrected chi connectivity index (χ1v) is 11.0. The maximum Gasteiger partial charge on any atom is 0.307 e. The van der Waals surface area contributed by atoms with E-state index >= 15 is 0 Å². The number of ether oxygens (including phenoxy) is 1. The van der Waals surface area contributed by atoms with E-state index in [0.29, 0.717) is 24.5 Å². The van der Waals surface area contributed by atoms with E-state index in [0.717, 1.165) is 32.4 Å². The third-order valence-electron chi connectivity index (χ3n) is 4.86. The lowest BCUT2D eigenvalue weighted by molar-refractivity contribution is -0.136. The molecule has 0 aliphatic carbocycles. The van der Waals surface area contributed by atoms with Crippen LogP contribution in [0, 0.1) is 3.57 Å². The Kier molecular flexibility index (Phi) is 6.89. The van der Waals surface area contributed by atoms with Gasteiger partial charge in [-0.3, -0.25) is 4.79 Å². The van der Waals surface area contributed by atoms with Crippen molar-refractivity contribution in [1.29, 1.82) is 0 Å². The quantitative estimate of drug-likeness (QED) is 0.280. The minimum atomic E-state index is -0.876. The standard InChI is InChI=1S/C25H22INO4/c26-22-11-18(16-30-23-9-5-4-8-19(23)13-24(28)29)10-20-12-21(31-25(20)22)15-27-14-17-6-2-1-3-7-17/h1-12,27H,13-16H2,(H,28,29). The van der Waals surface area contributed by atoms with Crippen molar-refractivity contribution in [2.24, 2.45) is 0 Å². The summed E-state index contributed by atoms with van der Waals surface area (Å²) >= 11 is 2.27. The predicted octanol–water partition coefficient (Wildman–Crippen LogP) is 5.53. The maximum atomic E-state index is 11.1. The molecule has 1 heterocycles. The van der Waals surface area contributed by atoms with E-state index in [1.807, 2.05) is 36.4 Å². The summed E-state index contributed by atoms with van der Waals surface area (Å²) in [4.78, 5) is 11.1.